The van der Waals surface area contributed by atoms with Gasteiger partial charge in [0.1, 0.15) is 0 Å². The van der Waals surface area contributed by atoms with Gasteiger partial charge >= 0.3 is 0 Å². The minimum absolute atomic E-state index is 0.110. The third-order valence-corrected chi connectivity index (χ3v) is 9.40. The summed E-state index contributed by atoms with van der Waals surface area (Å²) in [6.45, 7) is 5.01. The molecule has 0 aliphatic heterocycles. The van der Waals surface area contributed by atoms with Gasteiger partial charge in [-0.3, -0.25) is 9.17 Å². The van der Waals surface area contributed by atoms with Crippen LogP contribution < -0.4 is 0 Å². The lowest BCUT2D eigenvalue weighted by Gasteiger charge is -2.23. The van der Waals surface area contributed by atoms with E-state index in [1.165, 1.54) is 0 Å². The number of sulfonamides is 1. The summed E-state index contributed by atoms with van der Waals surface area (Å²) in [7, 11) is -7.41. The molecule has 0 bridgehead atoms. The molecule has 36 heavy (non-hydrogen) atoms. The first-order valence-corrected chi connectivity index (χ1v) is 15.4. The molecule has 1 heterocycles. The van der Waals surface area contributed by atoms with Crippen LogP contribution in [0.3, 0.4) is 0 Å². The zero-order chi connectivity index (χ0) is 26.0. The summed E-state index contributed by atoms with van der Waals surface area (Å²) in [5.41, 5.74) is 0.983. The maximum absolute atomic E-state index is 13.6. The van der Waals surface area contributed by atoms with E-state index >= 15 is 0 Å². The van der Waals surface area contributed by atoms with Crippen molar-refractivity contribution in [3.8, 4) is 0 Å². The van der Waals surface area contributed by atoms with Gasteiger partial charge in [0.2, 0.25) is 10.0 Å². The highest BCUT2D eigenvalue weighted by atomic mass is 32.2. The van der Waals surface area contributed by atoms with E-state index in [0.717, 1.165) is 43.1 Å². The maximum atomic E-state index is 13.6. The molecule has 196 valence electrons. The first kappa shape index (κ1) is 28.2. The van der Waals surface area contributed by atoms with Crippen LogP contribution in [0.15, 0.2) is 70.7 Å². The normalized spacial score (nSPS) is 12.4. The summed E-state index contributed by atoms with van der Waals surface area (Å²) in [5.74, 6) is 0. The molecule has 3 rings (SSSR count). The van der Waals surface area contributed by atoms with Crippen LogP contribution in [0.5, 0.6) is 0 Å². The molecule has 0 N–H and O–H groups in total. The standard InChI is InChI=1S/C27H36N2O5S2/c1-3-4-7-19-29(35(30,31)27-12-10-11-24-22-28-18-17-26(24)27)20-8-5-6-9-21-34-36(32,33)25-15-13-23(2)14-16-25/h10-18,22H,3-9,19-21H2,1-2H3. The Morgan fingerprint density at radius 3 is 2.25 bits per heavy atom. The van der Waals surface area contributed by atoms with Crippen LogP contribution in [0.25, 0.3) is 10.8 Å². The van der Waals surface area contributed by atoms with Crippen LogP contribution >= 0.6 is 0 Å². The van der Waals surface area contributed by atoms with Crippen molar-refractivity contribution in [3.63, 3.8) is 0 Å². The highest BCUT2D eigenvalue weighted by Crippen LogP contribution is 2.26. The van der Waals surface area contributed by atoms with Crippen LogP contribution in [0.1, 0.15) is 57.4 Å². The number of aryl methyl sites for hydroxylation is 1. The fourth-order valence-corrected chi connectivity index (χ4v) is 6.71. The van der Waals surface area contributed by atoms with Crippen LogP contribution in [0, 0.1) is 6.92 Å². The second kappa shape index (κ2) is 13.3. The third-order valence-electron chi connectivity index (χ3n) is 6.12. The van der Waals surface area contributed by atoms with Crippen LogP contribution in [0.2, 0.25) is 0 Å². The Morgan fingerprint density at radius 2 is 1.53 bits per heavy atom. The number of benzene rings is 2. The molecule has 0 spiro atoms. The fourth-order valence-electron chi connectivity index (χ4n) is 4.03. The van der Waals surface area contributed by atoms with Gasteiger partial charge in [0.05, 0.1) is 16.4 Å². The topological polar surface area (TPSA) is 93.6 Å². The lowest BCUT2D eigenvalue weighted by Crippen LogP contribution is -2.33. The van der Waals surface area contributed by atoms with Gasteiger partial charge in [-0.1, -0.05) is 62.4 Å². The summed E-state index contributed by atoms with van der Waals surface area (Å²) in [6.07, 6.45) is 8.91. The minimum Gasteiger partial charge on any atom is -0.266 e. The number of fused-ring (bicyclic) bond motifs is 1. The smallest absolute Gasteiger partial charge is 0.266 e. The molecule has 2 aromatic carbocycles. The zero-order valence-electron chi connectivity index (χ0n) is 21.1. The number of hydrogen-bond donors (Lipinski definition) is 0. The molecule has 0 atom stereocenters. The number of aromatic nitrogens is 1. The van der Waals surface area contributed by atoms with Crippen molar-refractivity contribution in [1.82, 2.24) is 9.29 Å². The number of unbranched alkanes of at least 4 members (excludes halogenated alkanes) is 5. The third kappa shape index (κ3) is 7.59. The van der Waals surface area contributed by atoms with Gasteiger partial charge in [-0.2, -0.15) is 12.7 Å². The van der Waals surface area contributed by atoms with Crippen LogP contribution in [-0.2, 0) is 24.3 Å². The quantitative estimate of drug-likeness (QED) is 0.184. The minimum atomic E-state index is -3.76. The molecule has 0 aliphatic rings. The summed E-state index contributed by atoms with van der Waals surface area (Å²) < 4.78 is 58.5. The lowest BCUT2D eigenvalue weighted by molar-refractivity contribution is 0.304. The monoisotopic (exact) mass is 532 g/mol. The molecule has 0 unspecified atom stereocenters. The van der Waals surface area contributed by atoms with Crippen molar-refractivity contribution in [3.05, 3.63) is 66.5 Å². The first-order chi connectivity index (χ1) is 17.3. The summed E-state index contributed by atoms with van der Waals surface area (Å²) in [6, 6.07) is 13.6. The van der Waals surface area contributed by atoms with Crippen molar-refractivity contribution in [2.75, 3.05) is 19.7 Å². The largest absolute Gasteiger partial charge is 0.296 e. The van der Waals surface area contributed by atoms with E-state index in [4.69, 9.17) is 4.18 Å². The number of pyridine rings is 1. The van der Waals surface area contributed by atoms with Crippen molar-refractivity contribution in [1.29, 1.82) is 0 Å². The van der Waals surface area contributed by atoms with Gasteiger partial charge in [-0.25, -0.2) is 8.42 Å². The molecule has 0 amide bonds. The second-order valence-corrected chi connectivity index (χ2v) is 12.5. The van der Waals surface area contributed by atoms with Crippen LogP contribution in [-0.4, -0.2) is 45.8 Å². The van der Waals surface area contributed by atoms with Gasteiger partial charge in [0, 0.05) is 36.3 Å². The highest BCUT2D eigenvalue weighted by Gasteiger charge is 2.25. The molecule has 1 aromatic heterocycles. The summed E-state index contributed by atoms with van der Waals surface area (Å²) in [4.78, 5) is 4.58. The Labute approximate surface area is 215 Å². The van der Waals surface area contributed by atoms with Gasteiger partial charge in [0.25, 0.3) is 10.1 Å². The summed E-state index contributed by atoms with van der Waals surface area (Å²) >= 11 is 0. The molecule has 7 nitrogen and oxygen atoms in total. The average molecular weight is 533 g/mol. The number of nitrogens with zero attached hydrogens (tertiary/aromatic N) is 2. The van der Waals surface area contributed by atoms with E-state index in [2.05, 4.69) is 11.9 Å². The van der Waals surface area contributed by atoms with E-state index in [0.29, 0.717) is 36.2 Å². The Morgan fingerprint density at radius 1 is 0.833 bits per heavy atom. The molecule has 0 aliphatic carbocycles. The van der Waals surface area contributed by atoms with E-state index in [1.807, 2.05) is 13.0 Å². The van der Waals surface area contributed by atoms with Gasteiger partial charge in [0.15, 0.2) is 0 Å². The predicted octanol–water partition coefficient (Wildman–Crippen LogP) is 5.69. The molecule has 0 saturated heterocycles. The van der Waals surface area contributed by atoms with E-state index < -0.39 is 20.1 Å². The highest BCUT2D eigenvalue weighted by molar-refractivity contribution is 7.89. The first-order valence-electron chi connectivity index (χ1n) is 12.5. The number of hydrogen-bond acceptors (Lipinski definition) is 6. The SMILES string of the molecule is CCCCCN(CCCCCCOS(=O)(=O)c1ccc(C)cc1)S(=O)(=O)c1cccc2cnccc12. The van der Waals surface area contributed by atoms with Gasteiger partial charge < -0.3 is 0 Å². The van der Waals surface area contributed by atoms with E-state index in [9.17, 15) is 16.8 Å². The second-order valence-electron chi connectivity index (χ2n) is 8.97. The lowest BCUT2D eigenvalue weighted by atomic mass is 10.2. The van der Waals surface area contributed by atoms with Gasteiger partial charge in [-0.15, -0.1) is 0 Å². The molecular formula is C27H36N2O5S2. The number of rotatable bonds is 15. The van der Waals surface area contributed by atoms with Gasteiger partial charge in [-0.05, 0) is 50.5 Å². The maximum Gasteiger partial charge on any atom is 0.296 e. The Hall–Kier alpha value is -2.33. The predicted molar refractivity (Wildman–Crippen MR) is 143 cm³/mol. The molecule has 9 heteroatoms. The van der Waals surface area contributed by atoms with E-state index in [-0.39, 0.29) is 11.5 Å². The molecule has 0 radical (unpaired) electrons. The zero-order valence-corrected chi connectivity index (χ0v) is 22.7. The molecule has 3 aromatic rings. The molecule has 0 saturated carbocycles. The average Bonchev–Trinajstić information content (AvgIpc) is 2.87. The van der Waals surface area contributed by atoms with Crippen molar-refractivity contribution in [2.24, 2.45) is 0 Å². The van der Waals surface area contributed by atoms with Crippen molar-refractivity contribution >= 4 is 30.9 Å². The molecule has 0 fully saturated rings. The van der Waals surface area contributed by atoms with Crippen molar-refractivity contribution < 1.29 is 21.0 Å². The Kier molecular flexibility index (Phi) is 10.4. The van der Waals surface area contributed by atoms with Crippen molar-refractivity contribution in [2.45, 2.75) is 68.6 Å². The fraction of sp³-hybridized carbons (Fsp3) is 0.444. The summed E-state index contributed by atoms with van der Waals surface area (Å²) in [5, 5.41) is 1.48. The van der Waals surface area contributed by atoms with E-state index in [1.54, 1.807) is 59.2 Å². The van der Waals surface area contributed by atoms with Crippen LogP contribution in [0.4, 0.5) is 0 Å². The Bertz CT molecular complexity index is 1320. The Balaban J connectivity index is 1.54. The molecular weight excluding hydrogens is 496 g/mol.